The number of nitrogens with one attached hydrogen (secondary N) is 1. The fraction of sp³-hybridized carbons (Fsp3) is 0.471. The molecule has 2 aromatic heterocycles. The maximum atomic E-state index is 8.89. The maximum Gasteiger partial charge on any atom is 0.142 e. The molecule has 120 valence electrons. The molecule has 0 unspecified atom stereocenters. The van der Waals surface area contributed by atoms with E-state index < -0.39 is 0 Å². The Bertz CT molecular complexity index is 699. The van der Waals surface area contributed by atoms with Gasteiger partial charge in [-0.1, -0.05) is 13.0 Å². The van der Waals surface area contributed by atoms with Gasteiger partial charge in [-0.25, -0.2) is 4.98 Å². The minimum Gasteiger partial charge on any atom is -0.364 e. The van der Waals surface area contributed by atoms with E-state index in [4.69, 9.17) is 10.4 Å². The summed E-state index contributed by atoms with van der Waals surface area (Å²) in [6, 6.07) is 9.63. The van der Waals surface area contributed by atoms with Crippen molar-refractivity contribution in [1.29, 1.82) is 5.26 Å². The number of aryl methyl sites for hydroxylation is 1. The molecule has 0 fully saturated rings. The molecule has 1 aliphatic rings. The number of nitriles is 1. The summed E-state index contributed by atoms with van der Waals surface area (Å²) in [7, 11) is 0. The molecule has 3 rings (SSSR count). The van der Waals surface area contributed by atoms with E-state index in [1.807, 2.05) is 12.1 Å². The Labute approximate surface area is 136 Å². The molecule has 3 heterocycles. The highest BCUT2D eigenvalue weighted by molar-refractivity contribution is 5.38. The van der Waals surface area contributed by atoms with Crippen molar-refractivity contribution in [3.8, 4) is 6.07 Å². The van der Waals surface area contributed by atoms with Crippen molar-refractivity contribution in [2.75, 3.05) is 18.4 Å². The molecule has 0 aliphatic carbocycles. The fourth-order valence-corrected chi connectivity index (χ4v) is 2.96. The van der Waals surface area contributed by atoms with E-state index in [1.54, 1.807) is 6.07 Å². The van der Waals surface area contributed by atoms with Gasteiger partial charge in [0.1, 0.15) is 17.6 Å². The van der Waals surface area contributed by atoms with Crippen molar-refractivity contribution in [3.05, 3.63) is 41.3 Å². The van der Waals surface area contributed by atoms with Gasteiger partial charge in [-0.3, -0.25) is 9.58 Å². The summed E-state index contributed by atoms with van der Waals surface area (Å²) >= 11 is 0. The van der Waals surface area contributed by atoms with Crippen LogP contribution in [0.1, 0.15) is 36.8 Å². The van der Waals surface area contributed by atoms with Gasteiger partial charge >= 0.3 is 0 Å². The standard InChI is InChI=1S/C17H22N6/c1-2-7-22-8-4-9-23-16(13-22)10-15(21-23)12-19-17-6-3-5-14(11-18)20-17/h3,5-6,10H,2,4,7-9,12-13H2,1H3,(H,19,20). The lowest BCUT2D eigenvalue weighted by molar-refractivity contribution is 0.270. The third kappa shape index (κ3) is 3.88. The molecule has 0 radical (unpaired) electrons. The molecule has 1 aliphatic heterocycles. The van der Waals surface area contributed by atoms with E-state index in [9.17, 15) is 0 Å². The Hall–Kier alpha value is -2.39. The van der Waals surface area contributed by atoms with Crippen LogP contribution in [-0.2, 0) is 19.6 Å². The quantitative estimate of drug-likeness (QED) is 0.918. The van der Waals surface area contributed by atoms with Gasteiger partial charge < -0.3 is 5.32 Å². The normalized spacial score (nSPS) is 14.8. The number of rotatable bonds is 5. The topological polar surface area (TPSA) is 69.8 Å². The van der Waals surface area contributed by atoms with E-state index in [0.717, 1.165) is 38.3 Å². The predicted octanol–water partition coefficient (Wildman–Crippen LogP) is 2.38. The predicted molar refractivity (Wildman–Crippen MR) is 88.7 cm³/mol. The van der Waals surface area contributed by atoms with Gasteiger partial charge in [-0.05, 0) is 37.6 Å². The zero-order valence-corrected chi connectivity index (χ0v) is 13.5. The van der Waals surface area contributed by atoms with Gasteiger partial charge in [0.25, 0.3) is 0 Å². The van der Waals surface area contributed by atoms with E-state index in [0.29, 0.717) is 18.1 Å². The largest absolute Gasteiger partial charge is 0.364 e. The molecule has 2 aromatic rings. The van der Waals surface area contributed by atoms with E-state index in [2.05, 4.69) is 38.9 Å². The zero-order valence-electron chi connectivity index (χ0n) is 13.5. The average Bonchev–Trinajstić information content (AvgIpc) is 2.85. The Kier molecular flexibility index (Phi) is 4.89. The lowest BCUT2D eigenvalue weighted by atomic mass is 10.3. The highest BCUT2D eigenvalue weighted by Gasteiger charge is 2.15. The number of hydrogen-bond donors (Lipinski definition) is 1. The van der Waals surface area contributed by atoms with Crippen molar-refractivity contribution in [1.82, 2.24) is 19.7 Å². The Morgan fingerprint density at radius 1 is 1.35 bits per heavy atom. The molecule has 0 atom stereocenters. The van der Waals surface area contributed by atoms with Crippen LogP contribution in [0.4, 0.5) is 5.82 Å². The highest BCUT2D eigenvalue weighted by Crippen LogP contribution is 2.15. The van der Waals surface area contributed by atoms with Crippen LogP contribution < -0.4 is 5.32 Å². The van der Waals surface area contributed by atoms with Crippen molar-refractivity contribution < 1.29 is 0 Å². The molecule has 1 N–H and O–H groups in total. The van der Waals surface area contributed by atoms with E-state index >= 15 is 0 Å². The molecule has 0 saturated heterocycles. The minimum absolute atomic E-state index is 0.422. The number of nitrogens with zero attached hydrogens (tertiary/aromatic N) is 5. The molecule has 23 heavy (non-hydrogen) atoms. The van der Waals surface area contributed by atoms with Gasteiger partial charge in [0, 0.05) is 19.6 Å². The van der Waals surface area contributed by atoms with Crippen molar-refractivity contribution >= 4 is 5.82 Å². The smallest absolute Gasteiger partial charge is 0.142 e. The number of pyridine rings is 1. The van der Waals surface area contributed by atoms with Crippen molar-refractivity contribution in [2.45, 2.75) is 39.4 Å². The number of fused-ring (bicyclic) bond motifs is 1. The Balaban J connectivity index is 1.66. The monoisotopic (exact) mass is 310 g/mol. The molecular formula is C17H22N6. The fourth-order valence-electron chi connectivity index (χ4n) is 2.96. The lowest BCUT2D eigenvalue weighted by Gasteiger charge is -2.17. The van der Waals surface area contributed by atoms with Gasteiger partial charge in [-0.15, -0.1) is 0 Å². The van der Waals surface area contributed by atoms with Crippen LogP contribution in [0.15, 0.2) is 24.3 Å². The second-order valence-corrected chi connectivity index (χ2v) is 5.85. The van der Waals surface area contributed by atoms with Crippen molar-refractivity contribution in [2.24, 2.45) is 0 Å². The van der Waals surface area contributed by atoms with Crippen LogP contribution >= 0.6 is 0 Å². The van der Waals surface area contributed by atoms with Crippen LogP contribution in [0.5, 0.6) is 0 Å². The summed E-state index contributed by atoms with van der Waals surface area (Å²) in [6.07, 6.45) is 2.33. The zero-order chi connectivity index (χ0) is 16.1. The molecule has 0 saturated carbocycles. The first kappa shape index (κ1) is 15.5. The molecule has 0 aromatic carbocycles. The summed E-state index contributed by atoms with van der Waals surface area (Å²) in [6.45, 7) is 7.09. The summed E-state index contributed by atoms with van der Waals surface area (Å²) in [5.41, 5.74) is 2.72. The highest BCUT2D eigenvalue weighted by atomic mass is 15.3. The molecule has 6 heteroatoms. The van der Waals surface area contributed by atoms with Crippen LogP contribution in [0.25, 0.3) is 0 Å². The lowest BCUT2D eigenvalue weighted by Crippen LogP contribution is -2.23. The van der Waals surface area contributed by atoms with Gasteiger partial charge in [0.2, 0.25) is 0 Å². The van der Waals surface area contributed by atoms with Crippen LogP contribution in [-0.4, -0.2) is 32.8 Å². The first-order valence-electron chi connectivity index (χ1n) is 8.17. The van der Waals surface area contributed by atoms with Crippen molar-refractivity contribution in [3.63, 3.8) is 0 Å². The van der Waals surface area contributed by atoms with Gasteiger partial charge in [-0.2, -0.15) is 10.4 Å². The molecular weight excluding hydrogens is 288 g/mol. The minimum atomic E-state index is 0.422. The molecule has 0 bridgehead atoms. The first-order chi connectivity index (χ1) is 11.3. The summed E-state index contributed by atoms with van der Waals surface area (Å²) < 4.78 is 2.13. The summed E-state index contributed by atoms with van der Waals surface area (Å²) in [4.78, 5) is 6.72. The van der Waals surface area contributed by atoms with Crippen LogP contribution in [0, 0.1) is 11.3 Å². The Morgan fingerprint density at radius 3 is 3.09 bits per heavy atom. The third-order valence-electron chi connectivity index (χ3n) is 4.00. The molecule has 6 nitrogen and oxygen atoms in total. The Morgan fingerprint density at radius 2 is 2.26 bits per heavy atom. The van der Waals surface area contributed by atoms with Gasteiger partial charge in [0.15, 0.2) is 0 Å². The summed E-state index contributed by atoms with van der Waals surface area (Å²) in [5, 5.41) is 16.8. The maximum absolute atomic E-state index is 8.89. The van der Waals surface area contributed by atoms with Gasteiger partial charge in [0.05, 0.1) is 17.9 Å². The SMILES string of the molecule is CCCN1CCCn2nc(CNc3cccc(C#N)n3)cc2C1. The number of aromatic nitrogens is 3. The second kappa shape index (κ2) is 7.25. The molecule has 0 spiro atoms. The number of hydrogen-bond acceptors (Lipinski definition) is 5. The average molecular weight is 310 g/mol. The first-order valence-corrected chi connectivity index (χ1v) is 8.17. The third-order valence-corrected chi connectivity index (χ3v) is 4.00. The van der Waals surface area contributed by atoms with Crippen LogP contribution in [0.3, 0.4) is 0 Å². The van der Waals surface area contributed by atoms with E-state index in [1.165, 1.54) is 12.1 Å². The summed E-state index contributed by atoms with van der Waals surface area (Å²) in [5.74, 6) is 0.708. The van der Waals surface area contributed by atoms with Crippen LogP contribution in [0.2, 0.25) is 0 Å². The second-order valence-electron chi connectivity index (χ2n) is 5.85. The van der Waals surface area contributed by atoms with E-state index in [-0.39, 0.29) is 0 Å². The number of anilines is 1. The molecule has 0 amide bonds.